The van der Waals surface area contributed by atoms with Crippen molar-refractivity contribution in [1.29, 1.82) is 0 Å². The molecule has 0 amide bonds. The molecule has 0 bridgehead atoms. The van der Waals surface area contributed by atoms with E-state index < -0.39 is 5.97 Å². The van der Waals surface area contributed by atoms with Crippen LogP contribution in [0.5, 0.6) is 5.75 Å². The number of carbonyl (C=O) groups is 1. The van der Waals surface area contributed by atoms with Crippen LogP contribution in [0.1, 0.15) is 15.9 Å². The minimum absolute atomic E-state index is 0.111. The summed E-state index contributed by atoms with van der Waals surface area (Å²) in [6.45, 7) is 0.197. The molecule has 1 aliphatic rings. The molecule has 0 fully saturated rings. The van der Waals surface area contributed by atoms with Gasteiger partial charge < -0.3 is 9.84 Å². The molecule has 3 nitrogen and oxygen atoms in total. The van der Waals surface area contributed by atoms with Crippen LogP contribution < -0.4 is 0 Å². The Hall–Kier alpha value is -1.22. The highest BCUT2D eigenvalue weighted by Gasteiger charge is 2.25. The molecule has 62 valence electrons. The summed E-state index contributed by atoms with van der Waals surface area (Å²) in [6, 6.07) is 2.94. The zero-order valence-corrected chi connectivity index (χ0v) is 6.76. The van der Waals surface area contributed by atoms with Crippen molar-refractivity contribution in [3.8, 4) is 5.75 Å². The van der Waals surface area contributed by atoms with E-state index in [1.165, 1.54) is 6.07 Å². The minimum atomic E-state index is -0.487. The SMILES string of the molecule is O=C1OCc2cc(Cl)cc(O)c21. The number of carbonyl (C=O) groups excluding carboxylic acids is 1. The first-order chi connectivity index (χ1) is 5.68. The van der Waals surface area contributed by atoms with Gasteiger partial charge in [0.1, 0.15) is 17.9 Å². The zero-order chi connectivity index (χ0) is 8.72. The lowest BCUT2D eigenvalue weighted by atomic mass is 10.1. The summed E-state index contributed by atoms with van der Waals surface area (Å²) < 4.78 is 4.70. The highest BCUT2D eigenvalue weighted by molar-refractivity contribution is 6.31. The van der Waals surface area contributed by atoms with E-state index in [4.69, 9.17) is 16.3 Å². The summed E-state index contributed by atoms with van der Waals surface area (Å²) in [5.41, 5.74) is 0.879. The second kappa shape index (κ2) is 2.38. The number of aromatic hydroxyl groups is 1. The molecule has 1 heterocycles. The van der Waals surface area contributed by atoms with Crippen molar-refractivity contribution in [1.82, 2.24) is 0 Å². The Bertz CT molecular complexity index is 360. The smallest absolute Gasteiger partial charge is 0.342 e. The molecule has 0 saturated heterocycles. The Kier molecular flexibility index (Phi) is 1.48. The molecule has 2 rings (SSSR count). The number of rotatable bonds is 0. The number of hydrogen-bond donors (Lipinski definition) is 1. The largest absolute Gasteiger partial charge is 0.507 e. The van der Waals surface area contributed by atoms with E-state index in [9.17, 15) is 9.90 Å². The third kappa shape index (κ3) is 0.940. The Balaban J connectivity index is 2.68. The van der Waals surface area contributed by atoms with E-state index in [1.54, 1.807) is 6.07 Å². The Labute approximate surface area is 73.5 Å². The number of fused-ring (bicyclic) bond motifs is 1. The maximum absolute atomic E-state index is 11.0. The predicted molar refractivity (Wildman–Crippen MR) is 42.2 cm³/mol. The van der Waals surface area contributed by atoms with Gasteiger partial charge in [-0.25, -0.2) is 4.79 Å². The number of ether oxygens (including phenoxy) is 1. The third-order valence-electron chi connectivity index (χ3n) is 1.73. The van der Waals surface area contributed by atoms with E-state index in [0.29, 0.717) is 10.6 Å². The lowest BCUT2D eigenvalue weighted by Crippen LogP contribution is -1.93. The molecule has 12 heavy (non-hydrogen) atoms. The van der Waals surface area contributed by atoms with E-state index in [2.05, 4.69) is 0 Å². The van der Waals surface area contributed by atoms with Gasteiger partial charge in [-0.15, -0.1) is 0 Å². The van der Waals surface area contributed by atoms with Crippen LogP contribution in [0.3, 0.4) is 0 Å². The van der Waals surface area contributed by atoms with Crippen LogP contribution in [0.15, 0.2) is 12.1 Å². The van der Waals surface area contributed by atoms with Crippen molar-refractivity contribution in [3.05, 3.63) is 28.3 Å². The van der Waals surface area contributed by atoms with Crippen molar-refractivity contribution in [3.63, 3.8) is 0 Å². The average Bonchev–Trinajstić information content (AvgIpc) is 2.31. The normalized spacial score (nSPS) is 14.2. The molecule has 0 saturated carbocycles. The van der Waals surface area contributed by atoms with Crippen molar-refractivity contribution < 1.29 is 14.6 Å². The highest BCUT2D eigenvalue weighted by Crippen LogP contribution is 2.31. The monoisotopic (exact) mass is 184 g/mol. The fourth-order valence-electron chi connectivity index (χ4n) is 1.21. The molecule has 1 aliphatic heterocycles. The van der Waals surface area contributed by atoms with E-state index in [-0.39, 0.29) is 17.9 Å². The quantitative estimate of drug-likeness (QED) is 0.625. The van der Waals surface area contributed by atoms with Crippen LogP contribution >= 0.6 is 11.6 Å². The number of halogens is 1. The van der Waals surface area contributed by atoms with Crippen LogP contribution in [0, 0.1) is 0 Å². The third-order valence-corrected chi connectivity index (χ3v) is 1.95. The fourth-order valence-corrected chi connectivity index (χ4v) is 1.45. The lowest BCUT2D eigenvalue weighted by Gasteiger charge is -1.97. The first-order valence-electron chi connectivity index (χ1n) is 3.37. The van der Waals surface area contributed by atoms with Gasteiger partial charge in [-0.2, -0.15) is 0 Å². The molecular weight excluding hydrogens is 180 g/mol. The molecule has 0 spiro atoms. The summed E-state index contributed by atoms with van der Waals surface area (Å²) in [6.07, 6.45) is 0. The van der Waals surface area contributed by atoms with E-state index >= 15 is 0 Å². The fraction of sp³-hybridized carbons (Fsp3) is 0.125. The maximum atomic E-state index is 11.0. The molecule has 1 aromatic carbocycles. The number of esters is 1. The van der Waals surface area contributed by atoms with Gasteiger partial charge in [0.2, 0.25) is 0 Å². The van der Waals surface area contributed by atoms with Gasteiger partial charge in [-0.1, -0.05) is 11.6 Å². The first-order valence-corrected chi connectivity index (χ1v) is 3.75. The van der Waals surface area contributed by atoms with Crippen LogP contribution in [0.25, 0.3) is 0 Å². The minimum Gasteiger partial charge on any atom is -0.507 e. The average molecular weight is 185 g/mol. The van der Waals surface area contributed by atoms with Crippen LogP contribution in [0.2, 0.25) is 5.02 Å². The first kappa shape index (κ1) is 7.43. The molecule has 0 aromatic heterocycles. The Morgan fingerprint density at radius 2 is 2.25 bits per heavy atom. The molecule has 1 aromatic rings. The second-order valence-electron chi connectivity index (χ2n) is 2.54. The zero-order valence-electron chi connectivity index (χ0n) is 6.00. The van der Waals surface area contributed by atoms with Crippen LogP contribution in [-0.4, -0.2) is 11.1 Å². The van der Waals surface area contributed by atoms with Gasteiger partial charge in [-0.3, -0.25) is 0 Å². The number of phenols is 1. The van der Waals surface area contributed by atoms with Crippen molar-refractivity contribution in [2.75, 3.05) is 0 Å². The summed E-state index contributed by atoms with van der Waals surface area (Å²) in [4.78, 5) is 11.0. The molecular formula is C8H5ClO3. The standard InChI is InChI=1S/C8H5ClO3/c9-5-1-4-3-12-8(11)7(4)6(10)2-5/h1-2,10H,3H2. The van der Waals surface area contributed by atoms with Gasteiger partial charge >= 0.3 is 5.97 Å². The molecule has 1 N–H and O–H groups in total. The Morgan fingerprint density at radius 3 is 3.00 bits per heavy atom. The predicted octanol–water partition coefficient (Wildman–Crippen LogP) is 1.72. The van der Waals surface area contributed by atoms with Gasteiger partial charge in [0, 0.05) is 10.6 Å². The molecule has 4 heteroatoms. The van der Waals surface area contributed by atoms with Crippen molar-refractivity contribution >= 4 is 17.6 Å². The summed E-state index contributed by atoms with van der Waals surface area (Å²) in [7, 11) is 0. The summed E-state index contributed by atoms with van der Waals surface area (Å²) >= 11 is 5.65. The second-order valence-corrected chi connectivity index (χ2v) is 2.97. The maximum Gasteiger partial charge on any atom is 0.342 e. The van der Waals surface area contributed by atoms with Crippen LogP contribution in [-0.2, 0) is 11.3 Å². The number of cyclic esters (lactones) is 1. The van der Waals surface area contributed by atoms with Crippen molar-refractivity contribution in [2.45, 2.75) is 6.61 Å². The topological polar surface area (TPSA) is 46.5 Å². The van der Waals surface area contributed by atoms with Gasteiger partial charge in [0.05, 0.1) is 0 Å². The van der Waals surface area contributed by atoms with Gasteiger partial charge in [0.15, 0.2) is 0 Å². The summed E-state index contributed by atoms with van der Waals surface area (Å²) in [5, 5.41) is 9.70. The molecule has 0 atom stereocenters. The number of benzene rings is 1. The highest BCUT2D eigenvalue weighted by atomic mass is 35.5. The molecule has 0 radical (unpaired) electrons. The number of phenolic OH excluding ortho intramolecular Hbond substituents is 1. The molecule has 0 unspecified atom stereocenters. The van der Waals surface area contributed by atoms with Crippen LogP contribution in [0.4, 0.5) is 0 Å². The van der Waals surface area contributed by atoms with Gasteiger partial charge in [-0.05, 0) is 12.1 Å². The molecule has 0 aliphatic carbocycles. The number of hydrogen-bond acceptors (Lipinski definition) is 3. The van der Waals surface area contributed by atoms with Crippen molar-refractivity contribution in [2.24, 2.45) is 0 Å². The van der Waals surface area contributed by atoms with E-state index in [1.807, 2.05) is 0 Å². The summed E-state index contributed by atoms with van der Waals surface area (Å²) in [5.74, 6) is -0.598. The Morgan fingerprint density at radius 1 is 1.50 bits per heavy atom. The lowest BCUT2D eigenvalue weighted by molar-refractivity contribution is 0.0533. The van der Waals surface area contributed by atoms with Gasteiger partial charge in [0.25, 0.3) is 0 Å². The van der Waals surface area contributed by atoms with E-state index in [0.717, 1.165) is 0 Å².